The van der Waals surface area contributed by atoms with Crippen molar-refractivity contribution in [3.8, 4) is 0 Å². The largest absolute Gasteiger partial charge is 0.325 e. The fourth-order valence-corrected chi connectivity index (χ4v) is 2.64. The summed E-state index contributed by atoms with van der Waals surface area (Å²) in [6, 6.07) is 15.9. The summed E-state index contributed by atoms with van der Waals surface area (Å²) < 4.78 is 1.05. The monoisotopic (exact) mass is 374 g/mol. The molecule has 0 heterocycles. The molecule has 0 aliphatic heterocycles. The Bertz CT molecular complexity index is 637. The van der Waals surface area contributed by atoms with E-state index in [-0.39, 0.29) is 18.0 Å². The van der Waals surface area contributed by atoms with Crippen LogP contribution < -0.4 is 10.6 Å². The van der Waals surface area contributed by atoms with Crippen molar-refractivity contribution in [3.05, 3.63) is 64.1 Å². The first-order valence-corrected chi connectivity index (χ1v) is 8.70. The number of carbonyl (C=O) groups is 1. The molecule has 2 rings (SSSR count). The van der Waals surface area contributed by atoms with Crippen LogP contribution in [0, 0.1) is 0 Å². The van der Waals surface area contributed by atoms with E-state index in [0.717, 1.165) is 22.1 Å². The average Bonchev–Trinajstić information content (AvgIpc) is 2.56. The van der Waals surface area contributed by atoms with Gasteiger partial charge in [0.25, 0.3) is 0 Å². The third-order valence-electron chi connectivity index (χ3n) is 3.89. The predicted octanol–water partition coefficient (Wildman–Crippen LogP) is 4.69. The number of aryl methyl sites for hydroxylation is 1. The second-order valence-electron chi connectivity index (χ2n) is 5.70. The lowest BCUT2D eigenvalue weighted by molar-refractivity contribution is -0.117. The van der Waals surface area contributed by atoms with E-state index >= 15 is 0 Å². The van der Waals surface area contributed by atoms with Crippen molar-refractivity contribution >= 4 is 27.5 Å². The van der Waals surface area contributed by atoms with Gasteiger partial charge in [-0.2, -0.15) is 0 Å². The quantitative estimate of drug-likeness (QED) is 0.769. The Morgan fingerprint density at radius 3 is 2.22 bits per heavy atom. The van der Waals surface area contributed by atoms with Gasteiger partial charge in [-0.3, -0.25) is 10.1 Å². The lowest BCUT2D eigenvalue weighted by atomic mass is 10.1. The van der Waals surface area contributed by atoms with E-state index in [0.29, 0.717) is 0 Å². The number of benzene rings is 2. The van der Waals surface area contributed by atoms with Gasteiger partial charge < -0.3 is 5.32 Å². The van der Waals surface area contributed by atoms with Crippen LogP contribution in [-0.2, 0) is 11.2 Å². The first-order chi connectivity index (χ1) is 11.0. The lowest BCUT2D eigenvalue weighted by Crippen LogP contribution is -2.39. The number of amides is 1. The predicted molar refractivity (Wildman–Crippen MR) is 99.6 cm³/mol. The summed E-state index contributed by atoms with van der Waals surface area (Å²) in [5, 5.41) is 6.28. The molecule has 0 radical (unpaired) electrons. The highest BCUT2D eigenvalue weighted by atomic mass is 79.9. The maximum absolute atomic E-state index is 12.3. The fourth-order valence-electron chi connectivity index (χ4n) is 2.37. The SMILES string of the molecule is CCc1ccc(NC(=O)[C@H](C)N[C@@H](C)c2ccc(Br)cc2)cc1. The number of rotatable bonds is 6. The van der Waals surface area contributed by atoms with Crippen LogP contribution in [0.15, 0.2) is 53.0 Å². The Morgan fingerprint density at radius 2 is 1.65 bits per heavy atom. The number of hydrogen-bond acceptors (Lipinski definition) is 2. The second-order valence-corrected chi connectivity index (χ2v) is 6.62. The van der Waals surface area contributed by atoms with Crippen LogP contribution in [0.3, 0.4) is 0 Å². The van der Waals surface area contributed by atoms with E-state index in [2.05, 4.69) is 52.5 Å². The number of anilines is 1. The van der Waals surface area contributed by atoms with Crippen LogP contribution in [0.25, 0.3) is 0 Å². The van der Waals surface area contributed by atoms with Gasteiger partial charge in [-0.15, -0.1) is 0 Å². The molecule has 4 heteroatoms. The van der Waals surface area contributed by atoms with Gasteiger partial charge in [0.1, 0.15) is 0 Å². The minimum absolute atomic E-state index is 0.0294. The molecule has 2 aromatic rings. The lowest BCUT2D eigenvalue weighted by Gasteiger charge is -2.20. The minimum Gasteiger partial charge on any atom is -0.325 e. The van der Waals surface area contributed by atoms with Crippen molar-refractivity contribution in [3.63, 3.8) is 0 Å². The molecule has 0 fully saturated rings. The molecule has 2 N–H and O–H groups in total. The zero-order chi connectivity index (χ0) is 16.8. The zero-order valence-corrected chi connectivity index (χ0v) is 15.4. The Balaban J connectivity index is 1.92. The van der Waals surface area contributed by atoms with E-state index in [1.54, 1.807) is 0 Å². The van der Waals surface area contributed by atoms with Gasteiger partial charge in [0.15, 0.2) is 0 Å². The van der Waals surface area contributed by atoms with E-state index in [1.807, 2.05) is 43.3 Å². The minimum atomic E-state index is -0.278. The highest BCUT2D eigenvalue weighted by Crippen LogP contribution is 2.17. The Morgan fingerprint density at radius 1 is 1.04 bits per heavy atom. The van der Waals surface area contributed by atoms with E-state index in [9.17, 15) is 4.79 Å². The summed E-state index contributed by atoms with van der Waals surface area (Å²) in [6.45, 7) is 6.05. The molecule has 1 amide bonds. The van der Waals surface area contributed by atoms with Crippen LogP contribution in [0.5, 0.6) is 0 Å². The van der Waals surface area contributed by atoms with Crippen LogP contribution >= 0.6 is 15.9 Å². The Labute approximate surface area is 146 Å². The molecule has 0 saturated heterocycles. The first kappa shape index (κ1) is 17.7. The van der Waals surface area contributed by atoms with Gasteiger partial charge >= 0.3 is 0 Å². The van der Waals surface area contributed by atoms with Crippen molar-refractivity contribution in [2.24, 2.45) is 0 Å². The Hall–Kier alpha value is -1.65. The van der Waals surface area contributed by atoms with Gasteiger partial charge in [0.2, 0.25) is 5.91 Å². The molecule has 23 heavy (non-hydrogen) atoms. The molecule has 2 aromatic carbocycles. The summed E-state index contributed by atoms with van der Waals surface area (Å²) >= 11 is 3.43. The van der Waals surface area contributed by atoms with Crippen LogP contribution in [0.1, 0.15) is 37.9 Å². The van der Waals surface area contributed by atoms with Gasteiger partial charge in [0, 0.05) is 16.2 Å². The summed E-state index contributed by atoms with van der Waals surface area (Å²) in [7, 11) is 0. The van der Waals surface area contributed by atoms with Crippen molar-refractivity contribution in [1.29, 1.82) is 0 Å². The summed E-state index contributed by atoms with van der Waals surface area (Å²) in [5.41, 5.74) is 3.25. The fraction of sp³-hybridized carbons (Fsp3) is 0.316. The molecule has 0 spiro atoms. The van der Waals surface area contributed by atoms with Crippen molar-refractivity contribution < 1.29 is 4.79 Å². The van der Waals surface area contributed by atoms with Gasteiger partial charge in [-0.1, -0.05) is 47.1 Å². The molecule has 0 unspecified atom stereocenters. The molecule has 2 atom stereocenters. The van der Waals surface area contributed by atoms with Crippen LogP contribution in [0.2, 0.25) is 0 Å². The Kier molecular flexibility index (Phi) is 6.37. The molecule has 3 nitrogen and oxygen atoms in total. The highest BCUT2D eigenvalue weighted by molar-refractivity contribution is 9.10. The normalized spacial score (nSPS) is 13.4. The number of hydrogen-bond donors (Lipinski definition) is 2. The number of carbonyl (C=O) groups excluding carboxylic acids is 1. The summed E-state index contributed by atoms with van der Waals surface area (Å²) in [5.74, 6) is -0.0294. The highest BCUT2D eigenvalue weighted by Gasteiger charge is 2.16. The van der Waals surface area contributed by atoms with Gasteiger partial charge in [0.05, 0.1) is 6.04 Å². The van der Waals surface area contributed by atoms with Crippen LogP contribution in [-0.4, -0.2) is 11.9 Å². The molecule has 0 aliphatic carbocycles. The third-order valence-corrected chi connectivity index (χ3v) is 4.42. The molecule has 0 aliphatic rings. The first-order valence-electron chi connectivity index (χ1n) is 7.91. The molecular formula is C19H23BrN2O. The second kappa shape index (κ2) is 8.27. The average molecular weight is 375 g/mol. The zero-order valence-electron chi connectivity index (χ0n) is 13.8. The molecular weight excluding hydrogens is 352 g/mol. The molecule has 122 valence electrons. The van der Waals surface area contributed by atoms with Crippen molar-refractivity contribution in [1.82, 2.24) is 5.32 Å². The third kappa shape index (κ3) is 5.19. The van der Waals surface area contributed by atoms with Crippen molar-refractivity contribution in [2.75, 3.05) is 5.32 Å². The summed E-state index contributed by atoms with van der Waals surface area (Å²) in [4.78, 5) is 12.3. The smallest absolute Gasteiger partial charge is 0.241 e. The topological polar surface area (TPSA) is 41.1 Å². The molecule has 0 saturated carbocycles. The van der Waals surface area contributed by atoms with E-state index in [1.165, 1.54) is 5.56 Å². The molecule has 0 bridgehead atoms. The number of halogens is 1. The van der Waals surface area contributed by atoms with Gasteiger partial charge in [-0.05, 0) is 55.7 Å². The van der Waals surface area contributed by atoms with Gasteiger partial charge in [-0.25, -0.2) is 0 Å². The maximum Gasteiger partial charge on any atom is 0.241 e. The van der Waals surface area contributed by atoms with Crippen LogP contribution in [0.4, 0.5) is 5.69 Å². The molecule has 0 aromatic heterocycles. The standard InChI is InChI=1S/C19H23BrN2O/c1-4-15-5-11-18(12-6-15)22-19(23)14(3)21-13(2)16-7-9-17(20)10-8-16/h5-14,21H,4H2,1-3H3,(H,22,23)/t13-,14-/m0/s1. The summed E-state index contributed by atoms with van der Waals surface area (Å²) in [6.07, 6.45) is 0.997. The van der Waals surface area contributed by atoms with Crippen molar-refractivity contribution in [2.45, 2.75) is 39.3 Å². The maximum atomic E-state index is 12.3. The van der Waals surface area contributed by atoms with E-state index < -0.39 is 0 Å². The van der Waals surface area contributed by atoms with E-state index in [4.69, 9.17) is 0 Å². The number of nitrogens with one attached hydrogen (secondary N) is 2.